The van der Waals surface area contributed by atoms with Crippen LogP contribution in [-0.4, -0.2) is 49.1 Å². The van der Waals surface area contributed by atoms with Crippen LogP contribution in [0.15, 0.2) is 24.3 Å². The van der Waals surface area contributed by atoms with Crippen LogP contribution in [0.1, 0.15) is 38.5 Å². The third-order valence-electron chi connectivity index (χ3n) is 5.61. The lowest BCUT2D eigenvalue weighted by molar-refractivity contribution is -0.123. The average Bonchev–Trinajstić information content (AvgIpc) is 3.03. The summed E-state index contributed by atoms with van der Waals surface area (Å²) in [4.78, 5) is 14.6. The highest BCUT2D eigenvalue weighted by Crippen LogP contribution is 2.26. The lowest BCUT2D eigenvalue weighted by atomic mass is 9.98. The molecule has 1 saturated heterocycles. The van der Waals surface area contributed by atoms with Crippen molar-refractivity contribution in [2.45, 2.75) is 50.6 Å². The number of nitrogens with one attached hydrogen (secondary N) is 1. The quantitative estimate of drug-likeness (QED) is 0.780. The Morgan fingerprint density at radius 2 is 1.92 bits per heavy atom. The maximum absolute atomic E-state index is 12.9. The molecule has 26 heavy (non-hydrogen) atoms. The van der Waals surface area contributed by atoms with Gasteiger partial charge < -0.3 is 15.8 Å². The van der Waals surface area contributed by atoms with Gasteiger partial charge in [0.05, 0.1) is 0 Å². The third-order valence-corrected chi connectivity index (χ3v) is 5.61. The Morgan fingerprint density at radius 1 is 1.19 bits per heavy atom. The van der Waals surface area contributed by atoms with Gasteiger partial charge in [-0.1, -0.05) is 6.42 Å². The molecule has 3 N–H and O–H groups in total. The minimum absolute atomic E-state index is 0.158. The molecule has 3 rings (SSSR count). The maximum atomic E-state index is 12.9. The van der Waals surface area contributed by atoms with Crippen molar-refractivity contribution in [1.82, 2.24) is 10.2 Å². The van der Waals surface area contributed by atoms with Crippen LogP contribution in [-0.2, 0) is 4.79 Å². The van der Waals surface area contributed by atoms with Gasteiger partial charge in [0.1, 0.15) is 18.2 Å². The van der Waals surface area contributed by atoms with Gasteiger partial charge in [0.2, 0.25) is 5.91 Å². The lowest BCUT2D eigenvalue weighted by Crippen LogP contribution is -2.46. The number of hydrogen-bond donors (Lipinski definition) is 2. The summed E-state index contributed by atoms with van der Waals surface area (Å²) >= 11 is 0. The van der Waals surface area contributed by atoms with E-state index in [4.69, 9.17) is 10.5 Å². The minimum atomic E-state index is -0.253. The molecule has 6 heteroatoms. The van der Waals surface area contributed by atoms with Gasteiger partial charge in [0, 0.05) is 38.1 Å². The maximum Gasteiger partial charge on any atom is 0.220 e. The molecule has 2 fully saturated rings. The van der Waals surface area contributed by atoms with E-state index < -0.39 is 0 Å². The molecule has 1 aliphatic heterocycles. The highest BCUT2D eigenvalue weighted by molar-refractivity contribution is 5.76. The van der Waals surface area contributed by atoms with E-state index in [9.17, 15) is 9.18 Å². The number of halogens is 1. The van der Waals surface area contributed by atoms with Gasteiger partial charge in [-0.2, -0.15) is 0 Å². The van der Waals surface area contributed by atoms with Gasteiger partial charge in [0.25, 0.3) is 0 Å². The number of piperidine rings is 1. The van der Waals surface area contributed by atoms with E-state index >= 15 is 0 Å². The number of nitrogens with two attached hydrogens (primary N) is 1. The standard InChI is InChI=1S/C20H30FN3O2/c21-16-4-6-18(7-5-16)26-13-12-24-10-8-17(9-11-24)23-20(25)14-15-2-1-3-19(15)22/h4-7,15,17,19H,1-3,8-14,22H2,(H,23,25)/t15-,19+/m0/s1. The normalized spacial score (nSPS) is 24.5. The number of nitrogens with zero attached hydrogens (tertiary/aromatic N) is 1. The zero-order valence-corrected chi connectivity index (χ0v) is 15.3. The van der Waals surface area contributed by atoms with Crippen molar-refractivity contribution >= 4 is 5.91 Å². The lowest BCUT2D eigenvalue weighted by Gasteiger charge is -2.32. The van der Waals surface area contributed by atoms with Crippen molar-refractivity contribution < 1.29 is 13.9 Å². The molecule has 0 radical (unpaired) electrons. The van der Waals surface area contributed by atoms with Crippen LogP contribution in [0.4, 0.5) is 4.39 Å². The first kappa shape index (κ1) is 19.1. The van der Waals surface area contributed by atoms with Crippen molar-refractivity contribution in [1.29, 1.82) is 0 Å². The Balaban J connectivity index is 1.30. The second kappa shape index (κ2) is 9.33. The molecule has 5 nitrogen and oxygen atoms in total. The molecule has 0 aromatic heterocycles. The number of ether oxygens (including phenoxy) is 1. The summed E-state index contributed by atoms with van der Waals surface area (Å²) in [6.45, 7) is 3.35. The van der Waals surface area contributed by atoms with E-state index in [1.807, 2.05) is 0 Å². The van der Waals surface area contributed by atoms with Crippen LogP contribution in [0.3, 0.4) is 0 Å². The van der Waals surface area contributed by atoms with Gasteiger partial charge in [-0.05, 0) is 55.9 Å². The average molecular weight is 363 g/mol. The summed E-state index contributed by atoms with van der Waals surface area (Å²) in [7, 11) is 0. The van der Waals surface area contributed by atoms with Crippen molar-refractivity contribution in [3.63, 3.8) is 0 Å². The van der Waals surface area contributed by atoms with Crippen LogP contribution < -0.4 is 15.8 Å². The predicted octanol–water partition coefficient (Wildman–Crippen LogP) is 2.30. The molecule has 1 saturated carbocycles. The molecule has 1 amide bonds. The molecule has 2 aliphatic rings. The Morgan fingerprint density at radius 3 is 2.58 bits per heavy atom. The second-order valence-electron chi connectivity index (χ2n) is 7.54. The fraction of sp³-hybridized carbons (Fsp3) is 0.650. The van der Waals surface area contributed by atoms with Crippen LogP contribution in [0.5, 0.6) is 5.75 Å². The van der Waals surface area contributed by atoms with E-state index in [0.717, 1.165) is 51.7 Å². The van der Waals surface area contributed by atoms with Crippen molar-refractivity contribution in [2.24, 2.45) is 11.7 Å². The van der Waals surface area contributed by atoms with Gasteiger partial charge in [-0.15, -0.1) is 0 Å². The van der Waals surface area contributed by atoms with Gasteiger partial charge in [0.15, 0.2) is 0 Å². The fourth-order valence-electron chi connectivity index (χ4n) is 3.97. The monoisotopic (exact) mass is 363 g/mol. The van der Waals surface area contributed by atoms with E-state index in [-0.39, 0.29) is 23.8 Å². The van der Waals surface area contributed by atoms with Gasteiger partial charge in [-0.3, -0.25) is 9.69 Å². The molecule has 1 heterocycles. The first-order chi connectivity index (χ1) is 12.6. The second-order valence-corrected chi connectivity index (χ2v) is 7.54. The number of carbonyl (C=O) groups excluding carboxylic acids is 1. The molecule has 1 aromatic rings. The predicted molar refractivity (Wildman–Crippen MR) is 99.4 cm³/mol. The number of likely N-dealkylation sites (tertiary alicyclic amines) is 1. The Kier molecular flexibility index (Phi) is 6.86. The summed E-state index contributed by atoms with van der Waals surface area (Å²) in [6, 6.07) is 6.57. The van der Waals surface area contributed by atoms with Crippen LogP contribution in [0, 0.1) is 11.7 Å². The van der Waals surface area contributed by atoms with Crippen molar-refractivity contribution in [3.05, 3.63) is 30.1 Å². The highest BCUT2D eigenvalue weighted by Gasteiger charge is 2.27. The first-order valence-electron chi connectivity index (χ1n) is 9.76. The van der Waals surface area contributed by atoms with Gasteiger partial charge in [-0.25, -0.2) is 4.39 Å². The molecular formula is C20H30FN3O2. The Bertz CT molecular complexity index is 573. The molecular weight excluding hydrogens is 333 g/mol. The molecule has 0 bridgehead atoms. The molecule has 2 atom stereocenters. The minimum Gasteiger partial charge on any atom is -0.492 e. The van der Waals surface area contributed by atoms with E-state index in [0.29, 0.717) is 24.7 Å². The number of rotatable bonds is 7. The first-order valence-corrected chi connectivity index (χ1v) is 9.76. The highest BCUT2D eigenvalue weighted by atomic mass is 19.1. The topological polar surface area (TPSA) is 67.6 Å². The number of amides is 1. The summed E-state index contributed by atoms with van der Waals surface area (Å²) in [5.74, 6) is 0.958. The van der Waals surface area contributed by atoms with Crippen molar-refractivity contribution in [3.8, 4) is 5.75 Å². The molecule has 0 spiro atoms. The zero-order chi connectivity index (χ0) is 18.4. The number of benzene rings is 1. The smallest absolute Gasteiger partial charge is 0.220 e. The van der Waals surface area contributed by atoms with E-state index in [2.05, 4.69) is 10.2 Å². The summed E-state index contributed by atoms with van der Waals surface area (Å²) < 4.78 is 18.5. The fourth-order valence-corrected chi connectivity index (χ4v) is 3.97. The molecule has 144 valence electrons. The van der Waals surface area contributed by atoms with Crippen LogP contribution >= 0.6 is 0 Å². The SMILES string of the molecule is N[C@@H]1CCC[C@H]1CC(=O)NC1CCN(CCOc2ccc(F)cc2)CC1. The molecule has 1 aromatic carbocycles. The Labute approximate surface area is 155 Å². The summed E-state index contributed by atoms with van der Waals surface area (Å²) in [5, 5.41) is 3.19. The third kappa shape index (κ3) is 5.68. The molecule has 0 unspecified atom stereocenters. The number of carbonyl (C=O) groups is 1. The van der Waals surface area contributed by atoms with Gasteiger partial charge >= 0.3 is 0 Å². The number of hydrogen-bond acceptors (Lipinski definition) is 4. The Hall–Kier alpha value is -1.66. The molecule has 1 aliphatic carbocycles. The zero-order valence-electron chi connectivity index (χ0n) is 15.3. The van der Waals surface area contributed by atoms with E-state index in [1.165, 1.54) is 12.1 Å². The van der Waals surface area contributed by atoms with E-state index in [1.54, 1.807) is 12.1 Å². The van der Waals surface area contributed by atoms with Crippen LogP contribution in [0.2, 0.25) is 0 Å². The van der Waals surface area contributed by atoms with Crippen LogP contribution in [0.25, 0.3) is 0 Å². The summed E-state index contributed by atoms with van der Waals surface area (Å²) in [6.07, 6.45) is 5.81. The van der Waals surface area contributed by atoms with Crippen molar-refractivity contribution in [2.75, 3.05) is 26.2 Å². The summed E-state index contributed by atoms with van der Waals surface area (Å²) in [5.41, 5.74) is 6.06. The largest absolute Gasteiger partial charge is 0.492 e.